The van der Waals surface area contributed by atoms with E-state index in [1.165, 1.54) is 0 Å². The van der Waals surface area contributed by atoms with Gasteiger partial charge in [-0.3, -0.25) is 14.7 Å². The van der Waals surface area contributed by atoms with Crippen LogP contribution in [0, 0.1) is 0 Å². The first-order chi connectivity index (χ1) is 13.7. The molecule has 0 fully saturated rings. The van der Waals surface area contributed by atoms with E-state index in [4.69, 9.17) is 4.74 Å². The SMILES string of the molecule is O=C(Nc1ccccc1Oc1ccccc1)C(=O)NC1CCc2[nH]ncc2C1. The zero-order valence-corrected chi connectivity index (χ0v) is 15.1. The summed E-state index contributed by atoms with van der Waals surface area (Å²) < 4.78 is 5.81. The fourth-order valence-corrected chi connectivity index (χ4v) is 3.24. The Morgan fingerprint density at radius 3 is 2.68 bits per heavy atom. The van der Waals surface area contributed by atoms with Crippen LogP contribution in [0.15, 0.2) is 60.8 Å². The van der Waals surface area contributed by atoms with Crippen molar-refractivity contribution in [3.05, 3.63) is 72.1 Å². The van der Waals surface area contributed by atoms with Gasteiger partial charge in [-0.15, -0.1) is 0 Å². The third-order valence-corrected chi connectivity index (χ3v) is 4.66. The lowest BCUT2D eigenvalue weighted by atomic mass is 9.93. The van der Waals surface area contributed by atoms with E-state index in [0.29, 0.717) is 23.6 Å². The fraction of sp³-hybridized carbons (Fsp3) is 0.190. The first kappa shape index (κ1) is 17.8. The average molecular weight is 376 g/mol. The first-order valence-electron chi connectivity index (χ1n) is 9.14. The van der Waals surface area contributed by atoms with Gasteiger partial charge in [-0.05, 0) is 49.1 Å². The van der Waals surface area contributed by atoms with Crippen LogP contribution in [0.5, 0.6) is 11.5 Å². The van der Waals surface area contributed by atoms with Crippen LogP contribution in [0.1, 0.15) is 17.7 Å². The van der Waals surface area contributed by atoms with Crippen LogP contribution in [0.25, 0.3) is 0 Å². The number of nitrogens with zero attached hydrogens (tertiary/aromatic N) is 1. The number of hydrogen-bond acceptors (Lipinski definition) is 4. The van der Waals surface area contributed by atoms with E-state index in [2.05, 4.69) is 20.8 Å². The number of aromatic nitrogens is 2. The number of carbonyl (C=O) groups excluding carboxylic acids is 2. The van der Waals surface area contributed by atoms with Crippen molar-refractivity contribution in [2.75, 3.05) is 5.32 Å². The van der Waals surface area contributed by atoms with E-state index in [9.17, 15) is 9.59 Å². The molecule has 1 heterocycles. The summed E-state index contributed by atoms with van der Waals surface area (Å²) in [6, 6.07) is 16.2. The van der Waals surface area contributed by atoms with Crippen LogP contribution in [0.3, 0.4) is 0 Å². The second-order valence-corrected chi connectivity index (χ2v) is 6.65. The molecule has 3 aromatic rings. The summed E-state index contributed by atoms with van der Waals surface area (Å²) in [5, 5.41) is 12.4. The monoisotopic (exact) mass is 376 g/mol. The number of ether oxygens (including phenoxy) is 1. The number of carbonyl (C=O) groups is 2. The Morgan fingerprint density at radius 2 is 1.82 bits per heavy atom. The van der Waals surface area contributed by atoms with Crippen LogP contribution in [0.2, 0.25) is 0 Å². The molecule has 0 spiro atoms. The maximum atomic E-state index is 12.4. The van der Waals surface area contributed by atoms with E-state index < -0.39 is 11.8 Å². The Balaban J connectivity index is 1.39. The third kappa shape index (κ3) is 4.03. The molecule has 1 aliphatic rings. The lowest BCUT2D eigenvalue weighted by Crippen LogP contribution is -2.44. The molecule has 0 saturated heterocycles. The zero-order valence-electron chi connectivity index (χ0n) is 15.1. The highest BCUT2D eigenvalue weighted by atomic mass is 16.5. The maximum absolute atomic E-state index is 12.4. The molecule has 2 aromatic carbocycles. The second kappa shape index (κ2) is 7.96. The van der Waals surface area contributed by atoms with Gasteiger partial charge in [0.05, 0.1) is 11.9 Å². The largest absolute Gasteiger partial charge is 0.455 e. The van der Waals surface area contributed by atoms with Gasteiger partial charge in [-0.25, -0.2) is 0 Å². The molecule has 0 bridgehead atoms. The van der Waals surface area contributed by atoms with Crippen molar-refractivity contribution in [2.45, 2.75) is 25.3 Å². The highest BCUT2D eigenvalue weighted by molar-refractivity contribution is 6.39. The van der Waals surface area contributed by atoms with Crippen molar-refractivity contribution < 1.29 is 14.3 Å². The predicted octanol–water partition coefficient (Wildman–Crippen LogP) is 2.81. The molecule has 1 atom stereocenters. The molecular formula is C21H20N4O3. The number of H-pyrrole nitrogens is 1. The Labute approximate surface area is 162 Å². The van der Waals surface area contributed by atoms with Crippen molar-refractivity contribution in [2.24, 2.45) is 0 Å². The summed E-state index contributed by atoms with van der Waals surface area (Å²) in [5.41, 5.74) is 2.62. The molecule has 3 N–H and O–H groups in total. The summed E-state index contributed by atoms with van der Waals surface area (Å²) in [5.74, 6) is -0.268. The number of benzene rings is 2. The van der Waals surface area contributed by atoms with Crippen molar-refractivity contribution in [1.29, 1.82) is 0 Å². The molecule has 1 aliphatic carbocycles. The van der Waals surface area contributed by atoms with Crippen molar-refractivity contribution in [3.63, 3.8) is 0 Å². The van der Waals surface area contributed by atoms with Gasteiger partial charge in [-0.2, -0.15) is 5.10 Å². The van der Waals surface area contributed by atoms with Gasteiger partial charge in [0.2, 0.25) is 0 Å². The highest BCUT2D eigenvalue weighted by Crippen LogP contribution is 2.29. The van der Waals surface area contributed by atoms with Gasteiger partial charge in [0.25, 0.3) is 0 Å². The Kier molecular flexibility index (Phi) is 5.05. The smallest absolute Gasteiger partial charge is 0.313 e. The minimum atomic E-state index is -0.720. The molecule has 7 heteroatoms. The molecule has 1 unspecified atom stereocenters. The number of para-hydroxylation sites is 3. The van der Waals surface area contributed by atoms with Crippen molar-refractivity contribution in [3.8, 4) is 11.5 Å². The summed E-state index contributed by atoms with van der Waals surface area (Å²) in [6.07, 6.45) is 4.00. The standard InChI is InChI=1S/C21H20N4O3/c26-20(23-15-10-11-17-14(12-15)13-22-25-17)21(27)24-18-8-4-5-9-19(18)28-16-6-2-1-3-7-16/h1-9,13,15H,10-12H2,(H,22,25)(H,23,26)(H,24,27). The van der Waals surface area contributed by atoms with Crippen LogP contribution in [-0.2, 0) is 22.4 Å². The number of hydrogen-bond donors (Lipinski definition) is 3. The number of fused-ring (bicyclic) bond motifs is 1. The van der Waals surface area contributed by atoms with Gasteiger partial charge < -0.3 is 15.4 Å². The van der Waals surface area contributed by atoms with Gasteiger partial charge in [-0.1, -0.05) is 30.3 Å². The topological polar surface area (TPSA) is 96.1 Å². The molecule has 28 heavy (non-hydrogen) atoms. The molecule has 0 saturated carbocycles. The van der Waals surface area contributed by atoms with Crippen molar-refractivity contribution >= 4 is 17.5 Å². The molecule has 0 aliphatic heterocycles. The lowest BCUT2D eigenvalue weighted by Gasteiger charge is -2.22. The second-order valence-electron chi connectivity index (χ2n) is 6.65. The van der Waals surface area contributed by atoms with Gasteiger partial charge in [0.1, 0.15) is 5.75 Å². The molecule has 7 nitrogen and oxygen atoms in total. The van der Waals surface area contributed by atoms with E-state index in [-0.39, 0.29) is 6.04 Å². The first-order valence-corrected chi connectivity index (χ1v) is 9.14. The summed E-state index contributed by atoms with van der Waals surface area (Å²) in [6.45, 7) is 0. The maximum Gasteiger partial charge on any atom is 0.313 e. The van der Waals surface area contributed by atoms with Gasteiger partial charge >= 0.3 is 11.8 Å². The predicted molar refractivity (Wildman–Crippen MR) is 104 cm³/mol. The number of aromatic amines is 1. The molecular weight excluding hydrogens is 356 g/mol. The minimum absolute atomic E-state index is 0.0841. The van der Waals surface area contributed by atoms with E-state index in [0.717, 1.165) is 24.1 Å². The summed E-state index contributed by atoms with van der Waals surface area (Å²) >= 11 is 0. The van der Waals surface area contributed by atoms with Crippen molar-refractivity contribution in [1.82, 2.24) is 15.5 Å². The average Bonchev–Trinajstić information content (AvgIpc) is 3.18. The number of amides is 2. The molecule has 0 radical (unpaired) electrons. The van der Waals surface area contributed by atoms with E-state index >= 15 is 0 Å². The minimum Gasteiger partial charge on any atom is -0.455 e. The number of nitrogens with one attached hydrogen (secondary N) is 3. The Bertz CT molecular complexity index is 984. The van der Waals surface area contributed by atoms with Crippen LogP contribution in [0.4, 0.5) is 5.69 Å². The number of aryl methyl sites for hydroxylation is 1. The lowest BCUT2D eigenvalue weighted by molar-refractivity contribution is -0.136. The number of anilines is 1. The summed E-state index contributed by atoms with van der Waals surface area (Å²) in [4.78, 5) is 24.7. The number of rotatable bonds is 4. The van der Waals surface area contributed by atoms with E-state index in [1.807, 2.05) is 30.3 Å². The molecule has 4 rings (SSSR count). The van der Waals surface area contributed by atoms with E-state index in [1.54, 1.807) is 30.5 Å². The molecule has 1 aromatic heterocycles. The zero-order chi connectivity index (χ0) is 19.3. The van der Waals surface area contributed by atoms with Crippen LogP contribution in [-0.4, -0.2) is 28.1 Å². The quantitative estimate of drug-likeness (QED) is 0.610. The van der Waals surface area contributed by atoms with Gasteiger partial charge in [0, 0.05) is 11.7 Å². The normalized spacial score (nSPS) is 15.4. The Hall–Kier alpha value is -3.61. The molecule has 2 amide bonds. The molecule has 142 valence electrons. The Morgan fingerprint density at radius 1 is 1.04 bits per heavy atom. The van der Waals surface area contributed by atoms with Crippen LogP contribution >= 0.6 is 0 Å². The summed E-state index contributed by atoms with van der Waals surface area (Å²) in [7, 11) is 0. The highest BCUT2D eigenvalue weighted by Gasteiger charge is 2.24. The third-order valence-electron chi connectivity index (χ3n) is 4.66. The fourth-order valence-electron chi connectivity index (χ4n) is 3.24. The van der Waals surface area contributed by atoms with Crippen LogP contribution < -0.4 is 15.4 Å². The van der Waals surface area contributed by atoms with Gasteiger partial charge in [0.15, 0.2) is 5.75 Å².